The summed E-state index contributed by atoms with van der Waals surface area (Å²) in [5.74, 6) is 0. The van der Waals surface area contributed by atoms with Crippen molar-refractivity contribution in [1.82, 2.24) is 0 Å². The number of hydrogen-bond acceptors (Lipinski definition) is 2. The molecular weight excluding hydrogens is 257 g/mol. The highest BCUT2D eigenvalue weighted by Crippen LogP contribution is 2.42. The Balaban J connectivity index is 2.15. The maximum absolute atomic E-state index is 12.4. The Morgan fingerprint density at radius 1 is 1.00 bits per heavy atom. The molecule has 2 atom stereocenters. The molecule has 4 heteroatoms. The summed E-state index contributed by atoms with van der Waals surface area (Å²) in [6.45, 7) is 0. The van der Waals surface area contributed by atoms with E-state index in [0.29, 0.717) is 0 Å². The highest BCUT2D eigenvalue weighted by molar-refractivity contribution is 7.46. The van der Waals surface area contributed by atoms with E-state index in [9.17, 15) is 9.36 Å². The van der Waals surface area contributed by atoms with E-state index in [2.05, 4.69) is 5.09 Å². The van der Waals surface area contributed by atoms with Gasteiger partial charge in [0, 0.05) is 5.56 Å². The molecule has 0 aliphatic rings. The van der Waals surface area contributed by atoms with Crippen molar-refractivity contribution in [3.8, 4) is 0 Å². The summed E-state index contributed by atoms with van der Waals surface area (Å²) in [7, 11) is -1.73. The first kappa shape index (κ1) is 13.4. The molecule has 2 aromatic carbocycles. The number of para-hydroxylation sites is 1. The molecule has 0 saturated carbocycles. The number of nitrogens with one attached hydrogen (secondary N) is 1. The fraction of sp³-hybridized carbons (Fsp3) is 0.133. The summed E-state index contributed by atoms with van der Waals surface area (Å²) in [4.78, 5) is 10.8. The largest absolute Gasteiger partial charge is 0.468 e. The van der Waals surface area contributed by atoms with Crippen LogP contribution >= 0.6 is 7.95 Å². The second-order valence-electron chi connectivity index (χ2n) is 4.13. The highest BCUT2D eigenvalue weighted by atomic mass is 31.1. The van der Waals surface area contributed by atoms with Crippen LogP contribution in [0.25, 0.3) is 0 Å². The predicted molar refractivity (Wildman–Crippen MR) is 77.5 cm³/mol. The molecule has 2 unspecified atom stereocenters. The SMILES string of the molecule is O=CCC(c1ccccc1)[P+](=O)Nc1ccccc1. The quantitative estimate of drug-likeness (QED) is 0.634. The van der Waals surface area contributed by atoms with Crippen molar-refractivity contribution in [1.29, 1.82) is 0 Å². The number of benzene rings is 2. The van der Waals surface area contributed by atoms with Gasteiger partial charge >= 0.3 is 7.95 Å². The third-order valence-corrected chi connectivity index (χ3v) is 4.35. The maximum atomic E-state index is 12.4. The minimum absolute atomic E-state index is 0.249. The summed E-state index contributed by atoms with van der Waals surface area (Å²) >= 11 is 0. The highest BCUT2D eigenvalue weighted by Gasteiger charge is 2.32. The van der Waals surface area contributed by atoms with Gasteiger partial charge in [-0.1, -0.05) is 48.5 Å². The fourth-order valence-electron chi connectivity index (χ4n) is 1.85. The lowest BCUT2D eigenvalue weighted by atomic mass is 10.1. The Hall–Kier alpha value is -1.99. The van der Waals surface area contributed by atoms with E-state index in [1.807, 2.05) is 60.7 Å². The van der Waals surface area contributed by atoms with Gasteiger partial charge in [-0.25, -0.2) is 0 Å². The Kier molecular flexibility index (Phi) is 4.82. The summed E-state index contributed by atoms with van der Waals surface area (Å²) < 4.78 is 12.4. The first-order valence-corrected chi connectivity index (χ1v) is 7.41. The molecule has 0 aliphatic carbocycles. The molecule has 0 radical (unpaired) electrons. The minimum Gasteiger partial charge on any atom is -0.303 e. The summed E-state index contributed by atoms with van der Waals surface area (Å²) in [5.41, 5.74) is 1.42. The lowest BCUT2D eigenvalue weighted by Crippen LogP contribution is -1.99. The molecule has 96 valence electrons. The number of anilines is 1. The van der Waals surface area contributed by atoms with Gasteiger partial charge in [-0.15, -0.1) is 0 Å². The molecule has 0 saturated heterocycles. The molecule has 1 N–H and O–H groups in total. The van der Waals surface area contributed by atoms with Crippen LogP contribution in [0.1, 0.15) is 17.6 Å². The molecule has 0 aliphatic heterocycles. The number of aldehydes is 1. The van der Waals surface area contributed by atoms with Crippen molar-refractivity contribution in [3.63, 3.8) is 0 Å². The van der Waals surface area contributed by atoms with Crippen molar-refractivity contribution < 1.29 is 9.36 Å². The van der Waals surface area contributed by atoms with Gasteiger partial charge in [-0.05, 0) is 16.7 Å². The summed E-state index contributed by atoms with van der Waals surface area (Å²) in [6, 6.07) is 18.8. The first-order chi connectivity index (χ1) is 9.31. The van der Waals surface area contributed by atoms with Gasteiger partial charge in [0.25, 0.3) is 0 Å². The van der Waals surface area contributed by atoms with Crippen molar-refractivity contribution in [2.24, 2.45) is 0 Å². The molecule has 0 spiro atoms. The Morgan fingerprint density at radius 2 is 1.58 bits per heavy atom. The van der Waals surface area contributed by atoms with Crippen LogP contribution < -0.4 is 5.09 Å². The third-order valence-electron chi connectivity index (χ3n) is 2.80. The minimum atomic E-state index is -1.73. The average molecular weight is 272 g/mol. The first-order valence-electron chi connectivity index (χ1n) is 6.08. The predicted octanol–water partition coefficient (Wildman–Crippen LogP) is 4.17. The fourth-order valence-corrected chi connectivity index (χ4v) is 3.13. The van der Waals surface area contributed by atoms with Crippen molar-refractivity contribution in [3.05, 3.63) is 66.2 Å². The van der Waals surface area contributed by atoms with Gasteiger partial charge in [0.15, 0.2) is 0 Å². The average Bonchev–Trinajstić information content (AvgIpc) is 2.46. The molecule has 3 nitrogen and oxygen atoms in total. The van der Waals surface area contributed by atoms with Gasteiger partial charge in [0.05, 0.1) is 12.1 Å². The van der Waals surface area contributed by atoms with E-state index >= 15 is 0 Å². The smallest absolute Gasteiger partial charge is 0.303 e. The second kappa shape index (κ2) is 6.81. The maximum Gasteiger partial charge on any atom is 0.468 e. The molecule has 0 heterocycles. The molecule has 2 rings (SSSR count). The molecule has 2 aromatic rings. The Labute approximate surface area is 113 Å². The molecule has 0 fully saturated rings. The molecule has 0 bridgehead atoms. The van der Waals surface area contributed by atoms with Gasteiger partial charge in [0.2, 0.25) is 5.66 Å². The zero-order chi connectivity index (χ0) is 13.5. The molecule has 0 amide bonds. The molecule has 19 heavy (non-hydrogen) atoms. The van der Waals surface area contributed by atoms with E-state index in [4.69, 9.17) is 0 Å². The molecular formula is C15H15NO2P+. The second-order valence-corrected chi connectivity index (χ2v) is 5.63. The van der Waals surface area contributed by atoms with Gasteiger partial charge in [-0.2, -0.15) is 5.09 Å². The molecule has 0 aromatic heterocycles. The topological polar surface area (TPSA) is 46.2 Å². The monoisotopic (exact) mass is 272 g/mol. The standard InChI is InChI=1S/C15H15NO2P/c17-12-11-15(13-7-3-1-4-8-13)19(18)16-14-9-5-2-6-10-14/h1-10,12,15H,11H2,(H,16,18)/q+1. The third kappa shape index (κ3) is 3.73. The van der Waals surface area contributed by atoms with Crippen LogP contribution in [0.3, 0.4) is 0 Å². The van der Waals surface area contributed by atoms with Crippen LogP contribution in [0, 0.1) is 0 Å². The number of rotatable bonds is 6. The Morgan fingerprint density at radius 3 is 2.16 bits per heavy atom. The lowest BCUT2D eigenvalue weighted by Gasteiger charge is -2.05. The van der Waals surface area contributed by atoms with Gasteiger partial charge in [-0.3, -0.25) is 0 Å². The van der Waals surface area contributed by atoms with E-state index < -0.39 is 7.95 Å². The van der Waals surface area contributed by atoms with Crippen molar-refractivity contribution in [2.45, 2.75) is 12.1 Å². The normalized spacial score (nSPS) is 12.5. The van der Waals surface area contributed by atoms with E-state index in [-0.39, 0.29) is 12.1 Å². The van der Waals surface area contributed by atoms with Crippen LogP contribution in [0.4, 0.5) is 5.69 Å². The van der Waals surface area contributed by atoms with Crippen LogP contribution in [0.2, 0.25) is 0 Å². The lowest BCUT2D eigenvalue weighted by molar-refractivity contribution is -0.107. The zero-order valence-electron chi connectivity index (χ0n) is 10.4. The summed E-state index contributed by atoms with van der Waals surface area (Å²) in [6.07, 6.45) is 1.07. The number of hydrogen-bond donors (Lipinski definition) is 1. The van der Waals surface area contributed by atoms with E-state index in [1.165, 1.54) is 0 Å². The van der Waals surface area contributed by atoms with E-state index in [1.54, 1.807) is 0 Å². The van der Waals surface area contributed by atoms with Crippen LogP contribution in [-0.4, -0.2) is 6.29 Å². The number of carbonyl (C=O) groups is 1. The van der Waals surface area contributed by atoms with Gasteiger partial charge in [0.1, 0.15) is 6.29 Å². The van der Waals surface area contributed by atoms with Crippen LogP contribution in [-0.2, 0) is 9.36 Å². The van der Waals surface area contributed by atoms with E-state index in [0.717, 1.165) is 17.5 Å². The van der Waals surface area contributed by atoms with Crippen LogP contribution in [0.5, 0.6) is 0 Å². The van der Waals surface area contributed by atoms with Crippen molar-refractivity contribution >= 4 is 19.9 Å². The Bertz CT molecular complexity index is 543. The summed E-state index contributed by atoms with van der Waals surface area (Å²) in [5, 5.41) is 2.98. The van der Waals surface area contributed by atoms with Crippen LogP contribution in [0.15, 0.2) is 60.7 Å². The number of carbonyl (C=O) groups excluding carboxylic acids is 1. The zero-order valence-corrected chi connectivity index (χ0v) is 11.3. The van der Waals surface area contributed by atoms with Crippen molar-refractivity contribution in [2.75, 3.05) is 5.09 Å². The van der Waals surface area contributed by atoms with Gasteiger partial charge < -0.3 is 4.79 Å².